The molecule has 2 rings (SSSR count). The van der Waals surface area contributed by atoms with Gasteiger partial charge in [0.25, 0.3) is 5.91 Å². The van der Waals surface area contributed by atoms with Crippen LogP contribution >= 0.6 is 0 Å². The Morgan fingerprint density at radius 1 is 1.50 bits per heavy atom. The van der Waals surface area contributed by atoms with E-state index in [0.29, 0.717) is 0 Å². The maximum absolute atomic E-state index is 11.6. The second-order valence-corrected chi connectivity index (χ2v) is 3.36. The quantitative estimate of drug-likeness (QED) is 0.819. The van der Waals surface area contributed by atoms with Gasteiger partial charge in [-0.1, -0.05) is 19.1 Å². The average Bonchev–Trinajstić information content (AvgIpc) is 2.83. The Hall–Kier alpha value is -2.17. The molecule has 0 aliphatic rings. The van der Waals surface area contributed by atoms with Crippen molar-refractivity contribution in [2.24, 2.45) is 0 Å². The Morgan fingerprint density at radius 3 is 3.06 bits per heavy atom. The molecule has 0 spiro atoms. The van der Waals surface area contributed by atoms with Crippen LogP contribution in [0.15, 0.2) is 30.5 Å². The molecule has 2 aromatic rings. The molecule has 5 heteroatoms. The van der Waals surface area contributed by atoms with Crippen molar-refractivity contribution in [3.05, 3.63) is 41.7 Å². The summed E-state index contributed by atoms with van der Waals surface area (Å²) in [6.45, 7) is 2.07. The van der Waals surface area contributed by atoms with Crippen molar-refractivity contribution in [1.29, 1.82) is 0 Å². The monoisotopic (exact) mass is 216 g/mol. The molecular formula is C11H12N4O. The molecule has 1 aromatic carbocycles. The van der Waals surface area contributed by atoms with Crippen molar-refractivity contribution >= 4 is 11.6 Å². The number of hydrogen-bond donors (Lipinski definition) is 2. The van der Waals surface area contributed by atoms with Gasteiger partial charge in [-0.25, -0.2) is 0 Å². The molecular weight excluding hydrogens is 204 g/mol. The van der Waals surface area contributed by atoms with Gasteiger partial charge < -0.3 is 5.32 Å². The molecule has 0 aliphatic heterocycles. The first-order valence-electron chi connectivity index (χ1n) is 5.05. The fraction of sp³-hybridized carbons (Fsp3) is 0.182. The van der Waals surface area contributed by atoms with Crippen LogP contribution in [0.2, 0.25) is 0 Å². The SMILES string of the molecule is CCc1cccc(NC(=O)c2cn[nH]n2)c1. The lowest BCUT2D eigenvalue weighted by Crippen LogP contribution is -2.12. The summed E-state index contributed by atoms with van der Waals surface area (Å²) in [5.41, 5.74) is 2.23. The topological polar surface area (TPSA) is 70.7 Å². The third kappa shape index (κ3) is 2.25. The third-order valence-electron chi connectivity index (χ3n) is 2.24. The number of nitrogens with zero attached hydrogens (tertiary/aromatic N) is 2. The van der Waals surface area contributed by atoms with Crippen molar-refractivity contribution in [3.8, 4) is 0 Å². The van der Waals surface area contributed by atoms with E-state index in [-0.39, 0.29) is 11.6 Å². The summed E-state index contributed by atoms with van der Waals surface area (Å²) >= 11 is 0. The van der Waals surface area contributed by atoms with Crippen LogP contribution in [-0.4, -0.2) is 21.3 Å². The zero-order valence-corrected chi connectivity index (χ0v) is 8.90. The van der Waals surface area contributed by atoms with E-state index < -0.39 is 0 Å². The van der Waals surface area contributed by atoms with Gasteiger partial charge in [0, 0.05) is 5.69 Å². The number of carbonyl (C=O) groups excluding carboxylic acids is 1. The van der Waals surface area contributed by atoms with Crippen LogP contribution in [0.1, 0.15) is 23.0 Å². The van der Waals surface area contributed by atoms with E-state index in [2.05, 4.69) is 27.7 Å². The summed E-state index contributed by atoms with van der Waals surface area (Å²) in [6, 6.07) is 7.72. The minimum absolute atomic E-state index is 0.262. The van der Waals surface area contributed by atoms with Crippen molar-refractivity contribution in [2.45, 2.75) is 13.3 Å². The van der Waals surface area contributed by atoms with Crippen LogP contribution < -0.4 is 5.32 Å². The molecule has 1 heterocycles. The molecule has 0 atom stereocenters. The number of aromatic nitrogens is 3. The highest BCUT2D eigenvalue weighted by Crippen LogP contribution is 2.11. The van der Waals surface area contributed by atoms with Crippen LogP contribution in [0.5, 0.6) is 0 Å². The van der Waals surface area contributed by atoms with Gasteiger partial charge in [-0.15, -0.1) is 0 Å². The van der Waals surface area contributed by atoms with Crippen LogP contribution in [0.4, 0.5) is 5.69 Å². The number of rotatable bonds is 3. The highest BCUT2D eigenvalue weighted by atomic mass is 16.2. The number of H-pyrrole nitrogens is 1. The first kappa shape index (κ1) is 10.4. The lowest BCUT2D eigenvalue weighted by atomic mass is 10.1. The minimum Gasteiger partial charge on any atom is -0.321 e. The number of benzene rings is 1. The van der Waals surface area contributed by atoms with E-state index in [9.17, 15) is 4.79 Å². The summed E-state index contributed by atoms with van der Waals surface area (Å²) in [7, 11) is 0. The van der Waals surface area contributed by atoms with E-state index in [4.69, 9.17) is 0 Å². The number of carbonyl (C=O) groups is 1. The smallest absolute Gasteiger partial charge is 0.277 e. The van der Waals surface area contributed by atoms with Crippen molar-refractivity contribution in [2.75, 3.05) is 5.32 Å². The summed E-state index contributed by atoms with van der Waals surface area (Å²) in [6.07, 6.45) is 2.33. The number of anilines is 1. The maximum atomic E-state index is 11.6. The molecule has 2 N–H and O–H groups in total. The number of hydrogen-bond acceptors (Lipinski definition) is 3. The number of aryl methyl sites for hydroxylation is 1. The highest BCUT2D eigenvalue weighted by molar-refractivity contribution is 6.02. The Labute approximate surface area is 92.9 Å². The molecule has 0 unspecified atom stereocenters. The summed E-state index contributed by atoms with van der Waals surface area (Å²) < 4.78 is 0. The molecule has 0 saturated heterocycles. The van der Waals surface area contributed by atoms with Gasteiger partial charge in [0.2, 0.25) is 0 Å². The molecule has 5 nitrogen and oxygen atoms in total. The molecule has 1 aromatic heterocycles. The first-order valence-corrected chi connectivity index (χ1v) is 5.05. The molecule has 0 saturated carbocycles. The standard InChI is InChI=1S/C11H12N4O/c1-2-8-4-3-5-9(6-8)13-11(16)10-7-12-15-14-10/h3-7H,2H2,1H3,(H,13,16)(H,12,14,15). The molecule has 1 amide bonds. The van der Waals surface area contributed by atoms with Gasteiger partial charge in [-0.2, -0.15) is 15.4 Å². The van der Waals surface area contributed by atoms with E-state index in [0.717, 1.165) is 12.1 Å². The number of amides is 1. The minimum atomic E-state index is -0.262. The molecule has 0 aliphatic carbocycles. The second kappa shape index (κ2) is 4.57. The van der Waals surface area contributed by atoms with Gasteiger partial charge >= 0.3 is 0 Å². The number of aromatic amines is 1. The van der Waals surface area contributed by atoms with Gasteiger partial charge in [-0.05, 0) is 24.1 Å². The first-order chi connectivity index (χ1) is 7.79. The molecule has 0 fully saturated rings. The van der Waals surface area contributed by atoms with Gasteiger partial charge in [0.15, 0.2) is 5.69 Å². The summed E-state index contributed by atoms with van der Waals surface area (Å²) in [4.78, 5) is 11.6. The fourth-order valence-corrected chi connectivity index (χ4v) is 1.38. The zero-order valence-electron chi connectivity index (χ0n) is 8.90. The summed E-state index contributed by atoms with van der Waals surface area (Å²) in [5.74, 6) is -0.262. The lowest BCUT2D eigenvalue weighted by molar-refractivity contribution is 0.102. The fourth-order valence-electron chi connectivity index (χ4n) is 1.38. The highest BCUT2D eigenvalue weighted by Gasteiger charge is 2.08. The Balaban J connectivity index is 2.12. The number of nitrogens with one attached hydrogen (secondary N) is 2. The Bertz CT molecular complexity index is 478. The van der Waals surface area contributed by atoms with E-state index in [1.807, 2.05) is 24.3 Å². The van der Waals surface area contributed by atoms with Crippen LogP contribution in [0.3, 0.4) is 0 Å². The van der Waals surface area contributed by atoms with E-state index in [1.165, 1.54) is 11.8 Å². The van der Waals surface area contributed by atoms with Gasteiger partial charge in [0.05, 0.1) is 6.20 Å². The predicted molar refractivity (Wildman–Crippen MR) is 60.2 cm³/mol. The van der Waals surface area contributed by atoms with Gasteiger partial charge in [-0.3, -0.25) is 4.79 Å². The lowest BCUT2D eigenvalue weighted by Gasteiger charge is -2.04. The van der Waals surface area contributed by atoms with Crippen molar-refractivity contribution in [3.63, 3.8) is 0 Å². The van der Waals surface area contributed by atoms with Crippen molar-refractivity contribution < 1.29 is 4.79 Å². The predicted octanol–water partition coefficient (Wildman–Crippen LogP) is 1.62. The normalized spacial score (nSPS) is 10.1. The Morgan fingerprint density at radius 2 is 2.38 bits per heavy atom. The van der Waals surface area contributed by atoms with Crippen LogP contribution in [0.25, 0.3) is 0 Å². The van der Waals surface area contributed by atoms with Crippen LogP contribution in [0, 0.1) is 0 Å². The van der Waals surface area contributed by atoms with Crippen LogP contribution in [-0.2, 0) is 6.42 Å². The zero-order chi connectivity index (χ0) is 11.4. The van der Waals surface area contributed by atoms with Crippen molar-refractivity contribution in [1.82, 2.24) is 15.4 Å². The third-order valence-corrected chi connectivity index (χ3v) is 2.24. The molecule has 0 bridgehead atoms. The Kier molecular flexibility index (Phi) is 2.95. The molecule has 16 heavy (non-hydrogen) atoms. The van der Waals surface area contributed by atoms with Gasteiger partial charge in [0.1, 0.15) is 0 Å². The largest absolute Gasteiger partial charge is 0.321 e. The second-order valence-electron chi connectivity index (χ2n) is 3.36. The summed E-state index contributed by atoms with van der Waals surface area (Å²) in [5, 5.41) is 12.4. The van der Waals surface area contributed by atoms with E-state index >= 15 is 0 Å². The molecule has 0 radical (unpaired) electrons. The van der Waals surface area contributed by atoms with E-state index in [1.54, 1.807) is 0 Å². The average molecular weight is 216 g/mol. The maximum Gasteiger partial charge on any atom is 0.277 e. The molecule has 82 valence electrons.